The van der Waals surface area contributed by atoms with Gasteiger partial charge >= 0.3 is 0 Å². The quantitative estimate of drug-likeness (QED) is 0.261. The Labute approximate surface area is 114 Å². The Bertz CT molecular complexity index is 235. The third-order valence-electron chi connectivity index (χ3n) is 1.24. The third kappa shape index (κ3) is 2.33. The molecular formula is C6BF5K. The van der Waals surface area contributed by atoms with E-state index in [1.165, 1.54) is 0 Å². The first-order chi connectivity index (χ1) is 5.46. The molecule has 0 atom stereocenters. The van der Waals surface area contributed by atoms with Crippen molar-refractivity contribution < 1.29 is 22.0 Å². The number of benzene rings is 1. The molecule has 0 unspecified atom stereocenters. The average molecular weight is 217 g/mol. The van der Waals surface area contributed by atoms with E-state index in [1.54, 1.807) is 0 Å². The zero-order valence-electron chi connectivity index (χ0n) is 6.47. The molecule has 0 aliphatic carbocycles. The first-order valence-electron chi connectivity index (χ1n) is 2.73. The predicted octanol–water partition coefficient (Wildman–Crippen LogP) is 0.795. The van der Waals surface area contributed by atoms with Gasteiger partial charge in [-0.1, -0.05) is 0 Å². The van der Waals surface area contributed by atoms with Gasteiger partial charge in [-0.2, -0.15) is 0 Å². The largest absolute Gasteiger partial charge is 0.204 e. The molecule has 0 fully saturated rings. The monoisotopic (exact) mass is 217 g/mol. The second-order valence-electron chi connectivity index (χ2n) is 1.98. The minimum atomic E-state index is -2.21. The first-order valence-corrected chi connectivity index (χ1v) is 2.73. The van der Waals surface area contributed by atoms with Crippen LogP contribution in [0.4, 0.5) is 22.0 Å². The van der Waals surface area contributed by atoms with Gasteiger partial charge < -0.3 is 0 Å². The molecule has 3 radical (unpaired) electrons. The average Bonchev–Trinajstić information content (AvgIpc) is 2.08. The maximum Gasteiger partial charge on any atom is 0.200 e. The Morgan fingerprint density at radius 3 is 1.15 bits per heavy atom. The van der Waals surface area contributed by atoms with Crippen LogP contribution in [0.5, 0.6) is 0 Å². The fourth-order valence-electron chi connectivity index (χ4n) is 0.622. The van der Waals surface area contributed by atoms with Gasteiger partial charge in [-0.3, -0.25) is 0 Å². The summed E-state index contributed by atoms with van der Waals surface area (Å²) in [6, 6.07) is 0. The Morgan fingerprint density at radius 2 is 0.846 bits per heavy atom. The van der Waals surface area contributed by atoms with Gasteiger partial charge in [0.05, 0.1) is 0 Å². The van der Waals surface area contributed by atoms with Gasteiger partial charge in [-0.25, -0.2) is 22.0 Å². The number of halogens is 5. The maximum atomic E-state index is 12.3. The Hall–Kier alpha value is 0.571. The van der Waals surface area contributed by atoms with Crippen molar-refractivity contribution in [2.45, 2.75) is 0 Å². The van der Waals surface area contributed by atoms with Gasteiger partial charge in [0.2, 0.25) is 0 Å². The van der Waals surface area contributed by atoms with Gasteiger partial charge in [0.15, 0.2) is 29.1 Å². The summed E-state index contributed by atoms with van der Waals surface area (Å²) in [5.74, 6) is -10.3. The number of rotatable bonds is 0. The second kappa shape index (κ2) is 4.88. The maximum absolute atomic E-state index is 12.3. The van der Waals surface area contributed by atoms with Crippen LogP contribution in [0.25, 0.3) is 0 Å². The van der Waals surface area contributed by atoms with Crippen LogP contribution < -0.4 is 5.46 Å². The van der Waals surface area contributed by atoms with E-state index in [1.807, 2.05) is 0 Å². The van der Waals surface area contributed by atoms with E-state index in [0.717, 1.165) is 0 Å². The van der Waals surface area contributed by atoms with Crippen molar-refractivity contribution in [2.24, 2.45) is 0 Å². The summed E-state index contributed by atoms with van der Waals surface area (Å²) in [5.41, 5.74) is -1.37. The first kappa shape index (κ1) is 13.6. The van der Waals surface area contributed by atoms with Crippen molar-refractivity contribution in [2.75, 3.05) is 0 Å². The predicted molar refractivity (Wildman–Crippen MR) is 37.4 cm³/mol. The third-order valence-corrected chi connectivity index (χ3v) is 1.24. The molecule has 0 saturated heterocycles. The van der Waals surface area contributed by atoms with E-state index >= 15 is 0 Å². The van der Waals surface area contributed by atoms with Crippen molar-refractivity contribution in [3.63, 3.8) is 0 Å². The molecule has 7 heteroatoms. The summed E-state index contributed by atoms with van der Waals surface area (Å²) in [4.78, 5) is 0. The van der Waals surface area contributed by atoms with E-state index in [0.29, 0.717) is 0 Å². The van der Waals surface area contributed by atoms with Crippen molar-refractivity contribution in [1.82, 2.24) is 0 Å². The summed E-state index contributed by atoms with van der Waals surface area (Å²) < 4.78 is 61.1. The molecule has 63 valence electrons. The molecule has 0 saturated carbocycles. The van der Waals surface area contributed by atoms with E-state index in [2.05, 4.69) is 7.85 Å². The molecule has 1 aromatic rings. The number of hydrogen-bond acceptors (Lipinski definition) is 0. The van der Waals surface area contributed by atoms with Crippen molar-refractivity contribution in [3.05, 3.63) is 29.1 Å². The smallest absolute Gasteiger partial charge is 0.200 e. The summed E-state index contributed by atoms with van der Waals surface area (Å²) >= 11 is 0. The van der Waals surface area contributed by atoms with Crippen LogP contribution in [0, 0.1) is 29.1 Å². The molecule has 0 aliphatic rings. The van der Waals surface area contributed by atoms with E-state index in [4.69, 9.17) is 0 Å². The fourth-order valence-corrected chi connectivity index (χ4v) is 0.622. The zero-order chi connectivity index (χ0) is 9.46. The molecule has 0 spiro atoms. The van der Waals surface area contributed by atoms with Gasteiger partial charge in [-0.15, -0.1) is 0 Å². The van der Waals surface area contributed by atoms with Crippen molar-refractivity contribution >= 4 is 64.7 Å². The standard InChI is InChI=1S/C6BF5.K/c7-1-2(8)4(10)6(12)5(11)3(1)9;. The molecule has 0 N–H and O–H groups in total. The van der Waals surface area contributed by atoms with Gasteiger partial charge in [0, 0.05) is 51.4 Å². The molecule has 0 aromatic heterocycles. The van der Waals surface area contributed by atoms with Crippen LogP contribution in [0.1, 0.15) is 0 Å². The normalized spacial score (nSPS) is 9.62. The number of hydrogen-bond donors (Lipinski definition) is 0. The van der Waals surface area contributed by atoms with Crippen molar-refractivity contribution in [1.29, 1.82) is 0 Å². The van der Waals surface area contributed by atoms with Crippen LogP contribution >= 0.6 is 0 Å². The topological polar surface area (TPSA) is 0 Å². The van der Waals surface area contributed by atoms with E-state index in [-0.39, 0.29) is 51.4 Å². The fraction of sp³-hybridized carbons (Fsp3) is 0. The zero-order valence-corrected chi connectivity index (χ0v) is 9.59. The molecule has 0 bridgehead atoms. The summed E-state index contributed by atoms with van der Waals surface area (Å²) in [5, 5.41) is 0. The second-order valence-corrected chi connectivity index (χ2v) is 1.98. The Balaban J connectivity index is 0.00000144. The molecule has 13 heavy (non-hydrogen) atoms. The minimum Gasteiger partial charge on any atom is -0.204 e. The molecule has 0 aliphatic heterocycles. The Kier molecular flexibility index (Phi) is 5.09. The summed E-state index contributed by atoms with van der Waals surface area (Å²) in [6.45, 7) is 0. The molecule has 1 rings (SSSR count). The SMILES string of the molecule is [B]c1c(F)c(F)c(F)c(F)c1F.[K]. The molecule has 0 amide bonds. The van der Waals surface area contributed by atoms with Crippen LogP contribution in [-0.2, 0) is 0 Å². The van der Waals surface area contributed by atoms with Gasteiger partial charge in [0.1, 0.15) is 7.85 Å². The van der Waals surface area contributed by atoms with E-state index in [9.17, 15) is 22.0 Å². The van der Waals surface area contributed by atoms with Crippen LogP contribution in [0.2, 0.25) is 0 Å². The van der Waals surface area contributed by atoms with Gasteiger partial charge in [-0.05, 0) is 5.46 Å². The minimum absolute atomic E-state index is 0. The molecule has 1 aromatic carbocycles. The van der Waals surface area contributed by atoms with E-state index < -0.39 is 34.5 Å². The summed E-state index contributed by atoms with van der Waals surface area (Å²) in [7, 11) is 4.56. The van der Waals surface area contributed by atoms with Gasteiger partial charge in [0.25, 0.3) is 0 Å². The molecular weight excluding hydrogens is 217 g/mol. The van der Waals surface area contributed by atoms with Crippen LogP contribution in [-0.4, -0.2) is 59.2 Å². The Morgan fingerprint density at radius 1 is 0.615 bits per heavy atom. The molecule has 0 nitrogen and oxygen atoms in total. The van der Waals surface area contributed by atoms with Crippen LogP contribution in [0.15, 0.2) is 0 Å². The molecule has 0 heterocycles. The summed E-state index contributed by atoms with van der Waals surface area (Å²) in [6.07, 6.45) is 0. The van der Waals surface area contributed by atoms with Crippen LogP contribution in [0.3, 0.4) is 0 Å². The van der Waals surface area contributed by atoms with Crippen molar-refractivity contribution in [3.8, 4) is 0 Å².